The Hall–Kier alpha value is 0.870. The zero-order valence-corrected chi connectivity index (χ0v) is 9.61. The molecule has 0 bridgehead atoms. The van der Waals surface area contributed by atoms with Crippen LogP contribution >= 0.6 is 34.8 Å². The minimum Gasteiger partial charge on any atom is -0.0831 e. The predicted molar refractivity (Wildman–Crippen MR) is 53.3 cm³/mol. The largest absolute Gasteiger partial charge is 0.195 e. The summed E-state index contributed by atoms with van der Waals surface area (Å²) in [7, 11) is 0. The smallest absolute Gasteiger partial charge is 0.0831 e. The van der Waals surface area contributed by atoms with Gasteiger partial charge in [0, 0.05) is 5.41 Å². The average Bonchev–Trinajstić information content (AvgIpc) is 1.56. The lowest BCUT2D eigenvalue weighted by Crippen LogP contribution is -2.29. The minimum absolute atomic E-state index is 0.281. The van der Waals surface area contributed by atoms with Crippen LogP contribution in [0.15, 0.2) is 0 Å². The minimum atomic E-state index is -1.18. The number of rotatable bonds is 2. The van der Waals surface area contributed by atoms with Crippen molar-refractivity contribution in [3.63, 3.8) is 0 Å². The van der Waals surface area contributed by atoms with Gasteiger partial charge in [-0.1, -0.05) is 62.5 Å². The fourth-order valence-electron chi connectivity index (χ4n) is 0.984. The van der Waals surface area contributed by atoms with E-state index in [2.05, 4.69) is 0 Å². The third-order valence-corrected chi connectivity index (χ3v) is 3.10. The van der Waals surface area contributed by atoms with E-state index in [9.17, 15) is 0 Å². The van der Waals surface area contributed by atoms with E-state index in [-0.39, 0.29) is 5.41 Å². The van der Waals surface area contributed by atoms with Crippen LogP contribution in [-0.4, -0.2) is 3.79 Å². The highest BCUT2D eigenvalue weighted by Crippen LogP contribution is 2.48. The van der Waals surface area contributed by atoms with Crippen LogP contribution in [0.2, 0.25) is 0 Å². The van der Waals surface area contributed by atoms with E-state index < -0.39 is 3.79 Å². The Morgan fingerprint density at radius 2 is 1.45 bits per heavy atom. The molecule has 0 aliphatic carbocycles. The van der Waals surface area contributed by atoms with E-state index >= 15 is 0 Å². The van der Waals surface area contributed by atoms with Crippen molar-refractivity contribution < 1.29 is 0 Å². The van der Waals surface area contributed by atoms with Crippen molar-refractivity contribution in [3.8, 4) is 0 Å². The SMILES string of the molecule is C[C](C)CC(C)(C)C(Cl)(Cl)Cl. The van der Waals surface area contributed by atoms with Gasteiger partial charge < -0.3 is 0 Å². The van der Waals surface area contributed by atoms with Crippen LogP contribution in [0.1, 0.15) is 34.1 Å². The lowest BCUT2D eigenvalue weighted by molar-refractivity contribution is 0.352. The zero-order valence-electron chi connectivity index (χ0n) is 7.34. The van der Waals surface area contributed by atoms with Crippen LogP contribution in [0.4, 0.5) is 0 Å². The van der Waals surface area contributed by atoms with E-state index in [0.29, 0.717) is 0 Å². The number of hydrogen-bond donors (Lipinski definition) is 0. The molecule has 67 valence electrons. The van der Waals surface area contributed by atoms with Crippen LogP contribution in [-0.2, 0) is 0 Å². The second kappa shape index (κ2) is 3.72. The maximum atomic E-state index is 5.79. The quantitative estimate of drug-likeness (QED) is 0.601. The highest BCUT2D eigenvalue weighted by Gasteiger charge is 2.40. The highest BCUT2D eigenvalue weighted by molar-refractivity contribution is 6.68. The summed E-state index contributed by atoms with van der Waals surface area (Å²) in [5.41, 5.74) is -0.281. The summed E-state index contributed by atoms with van der Waals surface area (Å²) >= 11 is 17.4. The van der Waals surface area contributed by atoms with E-state index in [1.54, 1.807) is 0 Å². The van der Waals surface area contributed by atoms with Gasteiger partial charge in [-0.15, -0.1) is 0 Å². The van der Waals surface area contributed by atoms with Crippen LogP contribution < -0.4 is 0 Å². The molecular weight excluding hydrogens is 202 g/mol. The molecule has 1 radical (unpaired) electrons. The van der Waals surface area contributed by atoms with E-state index in [1.165, 1.54) is 5.92 Å². The molecule has 0 rings (SSSR count). The van der Waals surface area contributed by atoms with Gasteiger partial charge in [-0.05, 0) is 12.3 Å². The molecule has 0 N–H and O–H groups in total. The first kappa shape index (κ1) is 11.9. The average molecular weight is 217 g/mol. The molecule has 11 heavy (non-hydrogen) atoms. The van der Waals surface area contributed by atoms with Crippen molar-refractivity contribution in [2.24, 2.45) is 5.41 Å². The van der Waals surface area contributed by atoms with Gasteiger partial charge in [-0.2, -0.15) is 0 Å². The summed E-state index contributed by atoms with van der Waals surface area (Å²) in [5, 5.41) is 0. The van der Waals surface area contributed by atoms with Crippen molar-refractivity contribution in [3.05, 3.63) is 5.92 Å². The van der Waals surface area contributed by atoms with E-state index in [1.807, 2.05) is 27.7 Å². The zero-order chi connectivity index (χ0) is 9.28. The van der Waals surface area contributed by atoms with Crippen molar-refractivity contribution in [1.29, 1.82) is 0 Å². The molecule has 0 aromatic rings. The number of alkyl halides is 3. The Morgan fingerprint density at radius 3 is 1.55 bits per heavy atom. The molecule has 0 saturated carbocycles. The molecule has 0 aliphatic rings. The van der Waals surface area contributed by atoms with Crippen molar-refractivity contribution in [1.82, 2.24) is 0 Å². The molecule has 0 saturated heterocycles. The molecule has 0 aliphatic heterocycles. The van der Waals surface area contributed by atoms with E-state index in [4.69, 9.17) is 34.8 Å². The third kappa shape index (κ3) is 3.87. The topological polar surface area (TPSA) is 0 Å². The second-order valence-corrected chi connectivity index (χ2v) is 6.05. The van der Waals surface area contributed by atoms with Crippen molar-refractivity contribution >= 4 is 34.8 Å². The number of halogens is 3. The first-order valence-corrected chi connectivity index (χ1v) is 4.66. The molecule has 0 nitrogen and oxygen atoms in total. The van der Waals surface area contributed by atoms with Gasteiger partial charge in [0.15, 0.2) is 3.79 Å². The van der Waals surface area contributed by atoms with Gasteiger partial charge in [-0.25, -0.2) is 0 Å². The summed E-state index contributed by atoms with van der Waals surface area (Å²) < 4.78 is -1.18. The fourth-order valence-corrected chi connectivity index (χ4v) is 1.18. The van der Waals surface area contributed by atoms with Crippen molar-refractivity contribution in [2.75, 3.05) is 0 Å². The fraction of sp³-hybridized carbons (Fsp3) is 0.875. The summed E-state index contributed by atoms with van der Waals surface area (Å²) in [5.74, 6) is 1.28. The lowest BCUT2D eigenvalue weighted by atomic mass is 9.85. The maximum absolute atomic E-state index is 5.79. The molecule has 0 atom stereocenters. The summed E-state index contributed by atoms with van der Waals surface area (Å²) in [6.07, 6.45) is 0.837. The molecule has 0 amide bonds. The van der Waals surface area contributed by atoms with Gasteiger partial charge in [0.2, 0.25) is 0 Å². The van der Waals surface area contributed by atoms with E-state index in [0.717, 1.165) is 6.42 Å². The molecule has 0 heterocycles. The molecule has 0 unspecified atom stereocenters. The predicted octanol–water partition coefficient (Wildman–Crippen LogP) is 4.39. The Kier molecular flexibility index (Phi) is 4.02. The van der Waals surface area contributed by atoms with Crippen LogP contribution in [0, 0.1) is 11.3 Å². The summed E-state index contributed by atoms with van der Waals surface area (Å²) in [6, 6.07) is 0. The van der Waals surface area contributed by atoms with Crippen LogP contribution in [0.5, 0.6) is 0 Å². The van der Waals surface area contributed by atoms with Gasteiger partial charge in [0.25, 0.3) is 0 Å². The Labute approximate surface area is 84.2 Å². The van der Waals surface area contributed by atoms with Crippen LogP contribution in [0.3, 0.4) is 0 Å². The van der Waals surface area contributed by atoms with Gasteiger partial charge in [0.1, 0.15) is 0 Å². The summed E-state index contributed by atoms with van der Waals surface area (Å²) in [4.78, 5) is 0. The monoisotopic (exact) mass is 215 g/mol. The number of hydrogen-bond acceptors (Lipinski definition) is 0. The molecular formula is C8H14Cl3. The highest BCUT2D eigenvalue weighted by atomic mass is 35.6. The Balaban J connectivity index is 4.22. The Morgan fingerprint density at radius 1 is 1.09 bits per heavy atom. The second-order valence-electron chi connectivity index (χ2n) is 3.77. The maximum Gasteiger partial charge on any atom is 0.195 e. The summed E-state index contributed by atoms with van der Waals surface area (Å²) in [6.45, 7) is 7.98. The molecule has 0 fully saturated rings. The van der Waals surface area contributed by atoms with Crippen molar-refractivity contribution in [2.45, 2.75) is 37.9 Å². The normalized spacial score (nSPS) is 14.2. The molecule has 3 heteroatoms. The Bertz CT molecular complexity index is 122. The van der Waals surface area contributed by atoms with Crippen LogP contribution in [0.25, 0.3) is 0 Å². The molecule has 0 aromatic heterocycles. The third-order valence-electron chi connectivity index (χ3n) is 1.56. The molecule has 0 aromatic carbocycles. The van der Waals surface area contributed by atoms with Gasteiger partial charge in [-0.3, -0.25) is 0 Å². The standard InChI is InChI=1S/C8H14Cl3/c1-6(2)5-7(3,4)8(9,10)11/h5H2,1-4H3. The molecule has 0 spiro atoms. The lowest BCUT2D eigenvalue weighted by Gasteiger charge is -2.33. The first-order chi connectivity index (χ1) is 4.67. The first-order valence-electron chi connectivity index (χ1n) is 3.52. The van der Waals surface area contributed by atoms with Gasteiger partial charge >= 0.3 is 0 Å². The van der Waals surface area contributed by atoms with Gasteiger partial charge in [0.05, 0.1) is 0 Å².